The molecule has 1 aromatic heterocycles. The van der Waals surface area contributed by atoms with E-state index in [0.29, 0.717) is 17.5 Å². The monoisotopic (exact) mass is 348 g/mol. The number of amides is 1. The van der Waals surface area contributed by atoms with Crippen molar-refractivity contribution in [1.29, 1.82) is 0 Å². The topological polar surface area (TPSA) is 61.6 Å². The molecule has 2 atom stereocenters. The van der Waals surface area contributed by atoms with Crippen molar-refractivity contribution < 1.29 is 9.32 Å². The van der Waals surface area contributed by atoms with Crippen LogP contribution < -0.4 is 5.32 Å². The van der Waals surface area contributed by atoms with Crippen LogP contribution in [0.4, 0.5) is 5.82 Å². The summed E-state index contributed by atoms with van der Waals surface area (Å²) in [5.41, 5.74) is 0. The molecule has 0 spiro atoms. The summed E-state index contributed by atoms with van der Waals surface area (Å²) in [6.45, 7) is 11.8. The average Bonchev–Trinajstić information content (AvgIpc) is 3.01. The highest BCUT2D eigenvalue weighted by Crippen LogP contribution is 2.23. The van der Waals surface area contributed by atoms with Crippen molar-refractivity contribution in [2.45, 2.75) is 52.5 Å². The van der Waals surface area contributed by atoms with Crippen LogP contribution in [0.2, 0.25) is 0 Å². The molecule has 6 heteroatoms. The Morgan fingerprint density at radius 2 is 2.12 bits per heavy atom. The Morgan fingerprint density at radius 1 is 1.36 bits per heavy atom. The van der Waals surface area contributed by atoms with Gasteiger partial charge in [0.05, 0.1) is 6.04 Å². The van der Waals surface area contributed by atoms with Crippen LogP contribution in [0.15, 0.2) is 10.6 Å². The molecule has 0 radical (unpaired) electrons. The third-order valence-electron chi connectivity index (χ3n) is 5.75. The Hall–Kier alpha value is -1.40. The molecule has 6 nitrogen and oxygen atoms in total. The second-order valence-corrected chi connectivity index (χ2v) is 7.97. The summed E-state index contributed by atoms with van der Waals surface area (Å²) >= 11 is 0. The maximum atomic E-state index is 12.5. The number of piperidine rings is 2. The molecule has 0 unspecified atom stereocenters. The van der Waals surface area contributed by atoms with Gasteiger partial charge in [0.1, 0.15) is 5.76 Å². The lowest BCUT2D eigenvalue weighted by Gasteiger charge is -2.39. The van der Waals surface area contributed by atoms with Crippen LogP contribution >= 0.6 is 0 Å². The first kappa shape index (κ1) is 18.4. The first-order valence-corrected chi connectivity index (χ1v) is 9.72. The maximum absolute atomic E-state index is 12.5. The molecule has 25 heavy (non-hydrogen) atoms. The summed E-state index contributed by atoms with van der Waals surface area (Å²) in [5.74, 6) is 2.76. The fourth-order valence-electron chi connectivity index (χ4n) is 4.03. The number of carbonyl (C=O) groups is 1. The van der Waals surface area contributed by atoms with Gasteiger partial charge in [-0.2, -0.15) is 0 Å². The number of likely N-dealkylation sites (tertiary alicyclic amines) is 2. The maximum Gasteiger partial charge on any atom is 0.242 e. The van der Waals surface area contributed by atoms with E-state index in [0.717, 1.165) is 19.0 Å². The molecule has 2 saturated heterocycles. The van der Waals surface area contributed by atoms with Crippen LogP contribution in [0.25, 0.3) is 0 Å². The largest absolute Gasteiger partial charge is 0.360 e. The molecule has 3 heterocycles. The zero-order chi connectivity index (χ0) is 17.8. The third kappa shape index (κ3) is 5.05. The first-order valence-electron chi connectivity index (χ1n) is 9.72. The summed E-state index contributed by atoms with van der Waals surface area (Å²) in [4.78, 5) is 17.5. The molecule has 2 aliphatic rings. The van der Waals surface area contributed by atoms with Crippen LogP contribution in [-0.2, 0) is 4.79 Å². The molecule has 0 aliphatic carbocycles. The zero-order valence-electron chi connectivity index (χ0n) is 15.8. The van der Waals surface area contributed by atoms with Gasteiger partial charge in [-0.3, -0.25) is 9.69 Å². The molecule has 2 fully saturated rings. The van der Waals surface area contributed by atoms with E-state index in [2.05, 4.69) is 27.2 Å². The van der Waals surface area contributed by atoms with Crippen molar-refractivity contribution in [1.82, 2.24) is 15.0 Å². The van der Waals surface area contributed by atoms with Gasteiger partial charge in [-0.1, -0.05) is 12.1 Å². The summed E-state index contributed by atoms with van der Waals surface area (Å²) in [7, 11) is 0. The zero-order valence-corrected chi connectivity index (χ0v) is 15.8. The number of carbonyl (C=O) groups excluding carboxylic acids is 1. The minimum Gasteiger partial charge on any atom is -0.360 e. The van der Waals surface area contributed by atoms with Gasteiger partial charge in [-0.25, -0.2) is 0 Å². The highest BCUT2D eigenvalue weighted by atomic mass is 16.5. The van der Waals surface area contributed by atoms with E-state index in [1.54, 1.807) is 6.07 Å². The van der Waals surface area contributed by atoms with Crippen LogP contribution in [0.3, 0.4) is 0 Å². The normalized spacial score (nSPS) is 25.0. The van der Waals surface area contributed by atoms with Gasteiger partial charge in [0, 0.05) is 19.2 Å². The highest BCUT2D eigenvalue weighted by molar-refractivity contribution is 5.93. The van der Waals surface area contributed by atoms with E-state index in [1.165, 1.54) is 45.3 Å². The minimum atomic E-state index is -0.138. The van der Waals surface area contributed by atoms with Gasteiger partial charge >= 0.3 is 0 Å². The lowest BCUT2D eigenvalue weighted by atomic mass is 9.93. The molecule has 1 N–H and O–H groups in total. The second kappa shape index (κ2) is 8.32. The van der Waals surface area contributed by atoms with Gasteiger partial charge in [0.2, 0.25) is 5.91 Å². The predicted octanol–water partition coefficient (Wildman–Crippen LogP) is 2.75. The average molecular weight is 348 g/mol. The number of hydrogen-bond acceptors (Lipinski definition) is 5. The third-order valence-corrected chi connectivity index (χ3v) is 5.75. The molecule has 0 aromatic carbocycles. The van der Waals surface area contributed by atoms with E-state index in [4.69, 9.17) is 4.52 Å². The van der Waals surface area contributed by atoms with Gasteiger partial charge in [0.25, 0.3) is 0 Å². The molecular formula is C19H32N4O2. The second-order valence-electron chi connectivity index (χ2n) is 7.97. The van der Waals surface area contributed by atoms with Gasteiger partial charge < -0.3 is 14.7 Å². The van der Waals surface area contributed by atoms with Crippen molar-refractivity contribution in [3.05, 3.63) is 11.8 Å². The van der Waals surface area contributed by atoms with Crippen molar-refractivity contribution in [2.24, 2.45) is 11.8 Å². The Balaban J connectivity index is 1.49. The number of rotatable bonds is 5. The van der Waals surface area contributed by atoms with E-state index in [1.807, 2.05) is 13.8 Å². The van der Waals surface area contributed by atoms with Crippen molar-refractivity contribution >= 4 is 11.7 Å². The molecule has 0 bridgehead atoms. The summed E-state index contributed by atoms with van der Waals surface area (Å²) in [6.07, 6.45) is 5.10. The Kier molecular flexibility index (Phi) is 6.12. The molecule has 3 rings (SSSR count). The summed E-state index contributed by atoms with van der Waals surface area (Å²) < 4.78 is 5.02. The Morgan fingerprint density at radius 3 is 2.80 bits per heavy atom. The lowest BCUT2D eigenvalue weighted by Crippen LogP contribution is -2.49. The number of nitrogens with zero attached hydrogens (tertiary/aromatic N) is 3. The Labute approximate surface area is 150 Å². The standard InChI is InChI=1S/C19H32N4O2/c1-14-6-9-22(10-7-14)12-17-5-4-8-23(13-17)16(3)19(24)20-18-11-15(2)25-21-18/h11,14,16-17H,4-10,12-13H2,1-3H3,(H,20,21,24)/t16-,17+/m0/s1. The number of anilines is 1. The summed E-state index contributed by atoms with van der Waals surface area (Å²) in [5, 5.41) is 6.71. The number of aromatic nitrogens is 1. The highest BCUT2D eigenvalue weighted by Gasteiger charge is 2.29. The molecule has 1 amide bonds. The van der Waals surface area contributed by atoms with E-state index >= 15 is 0 Å². The van der Waals surface area contributed by atoms with E-state index < -0.39 is 0 Å². The quantitative estimate of drug-likeness (QED) is 0.886. The van der Waals surface area contributed by atoms with Crippen molar-refractivity contribution in [3.8, 4) is 0 Å². The smallest absolute Gasteiger partial charge is 0.242 e. The van der Waals surface area contributed by atoms with E-state index in [9.17, 15) is 4.79 Å². The summed E-state index contributed by atoms with van der Waals surface area (Å²) in [6, 6.07) is 1.61. The molecule has 1 aromatic rings. The number of aryl methyl sites for hydroxylation is 1. The SMILES string of the molecule is Cc1cc(NC(=O)[C@H](C)N2CCC[C@H](CN3CCC(C)CC3)C2)no1. The fourth-order valence-corrected chi connectivity index (χ4v) is 4.03. The van der Waals surface area contributed by atoms with Crippen LogP contribution in [0.5, 0.6) is 0 Å². The van der Waals surface area contributed by atoms with Crippen LogP contribution in [0, 0.1) is 18.8 Å². The molecular weight excluding hydrogens is 316 g/mol. The first-order chi connectivity index (χ1) is 12.0. The van der Waals surface area contributed by atoms with Crippen LogP contribution in [-0.4, -0.2) is 59.6 Å². The van der Waals surface area contributed by atoms with Gasteiger partial charge in [-0.05, 0) is 71.0 Å². The van der Waals surface area contributed by atoms with Crippen molar-refractivity contribution in [2.75, 3.05) is 38.0 Å². The molecule has 2 aliphatic heterocycles. The minimum absolute atomic E-state index is 0.000692. The van der Waals surface area contributed by atoms with Gasteiger partial charge in [0.15, 0.2) is 5.82 Å². The number of nitrogens with one attached hydrogen (secondary N) is 1. The number of hydrogen-bond donors (Lipinski definition) is 1. The molecule has 140 valence electrons. The van der Waals surface area contributed by atoms with E-state index in [-0.39, 0.29) is 11.9 Å². The Bertz CT molecular complexity index is 566. The fraction of sp³-hybridized carbons (Fsp3) is 0.789. The molecule has 0 saturated carbocycles. The van der Waals surface area contributed by atoms with Crippen molar-refractivity contribution in [3.63, 3.8) is 0 Å². The predicted molar refractivity (Wildman–Crippen MR) is 98.5 cm³/mol. The lowest BCUT2D eigenvalue weighted by molar-refractivity contribution is -0.121. The van der Waals surface area contributed by atoms with Gasteiger partial charge in [-0.15, -0.1) is 0 Å². The van der Waals surface area contributed by atoms with Crippen LogP contribution in [0.1, 0.15) is 45.3 Å².